The zero-order chi connectivity index (χ0) is 21.8. The van der Waals surface area contributed by atoms with Crippen LogP contribution in [0.25, 0.3) is 0 Å². The molecule has 7 heteroatoms. The van der Waals surface area contributed by atoms with Crippen molar-refractivity contribution in [2.75, 3.05) is 11.4 Å². The Bertz CT molecular complexity index is 857. The highest BCUT2D eigenvalue weighted by Crippen LogP contribution is 2.37. The zero-order valence-corrected chi connectivity index (χ0v) is 17.8. The Balaban J connectivity index is 1.95. The molecule has 30 heavy (non-hydrogen) atoms. The summed E-state index contributed by atoms with van der Waals surface area (Å²) in [4.78, 5) is 19.9. The fourth-order valence-electron chi connectivity index (χ4n) is 3.84. The largest absolute Gasteiger partial charge is 0.393 e. The van der Waals surface area contributed by atoms with Gasteiger partial charge in [-0.1, -0.05) is 19.1 Å². The average molecular weight is 413 g/mol. The minimum absolute atomic E-state index is 0.0835. The summed E-state index contributed by atoms with van der Waals surface area (Å²) in [7, 11) is 0. The van der Waals surface area contributed by atoms with Gasteiger partial charge in [-0.15, -0.1) is 0 Å². The molecule has 3 rings (SSSR count). The lowest BCUT2D eigenvalue weighted by molar-refractivity contribution is 0.0844. The van der Waals surface area contributed by atoms with Gasteiger partial charge in [0.15, 0.2) is 0 Å². The van der Waals surface area contributed by atoms with Gasteiger partial charge in [0, 0.05) is 18.7 Å². The van der Waals surface area contributed by atoms with Crippen LogP contribution in [-0.2, 0) is 0 Å². The third-order valence-electron chi connectivity index (χ3n) is 5.96. The summed E-state index contributed by atoms with van der Waals surface area (Å²) in [5, 5.41) is 22.7. The molecule has 0 saturated carbocycles. The number of aromatic nitrogens is 1. The van der Waals surface area contributed by atoms with Crippen LogP contribution in [0.15, 0.2) is 42.6 Å². The van der Waals surface area contributed by atoms with Crippen molar-refractivity contribution in [1.82, 2.24) is 10.3 Å². The molecular formula is C23H32N4O3. The molecule has 2 heterocycles. The highest BCUT2D eigenvalue weighted by atomic mass is 16.3. The number of amides is 1. The number of nitrogens with zero attached hydrogens (tertiary/aromatic N) is 2. The molecule has 0 radical (unpaired) electrons. The number of hydrogen-bond acceptors (Lipinski definition) is 6. The van der Waals surface area contributed by atoms with Crippen LogP contribution in [0.5, 0.6) is 0 Å². The highest BCUT2D eigenvalue weighted by molar-refractivity contribution is 6.00. The van der Waals surface area contributed by atoms with Gasteiger partial charge in [0.05, 0.1) is 41.4 Å². The first kappa shape index (κ1) is 22.2. The summed E-state index contributed by atoms with van der Waals surface area (Å²) < 4.78 is 0. The summed E-state index contributed by atoms with van der Waals surface area (Å²) in [6, 6.07) is 11.4. The molecule has 1 saturated heterocycles. The molecule has 1 fully saturated rings. The quantitative estimate of drug-likeness (QED) is 0.520. The number of rotatable bonds is 7. The van der Waals surface area contributed by atoms with Gasteiger partial charge < -0.3 is 26.2 Å². The number of nitrogens with two attached hydrogens (primary N) is 1. The van der Waals surface area contributed by atoms with Crippen molar-refractivity contribution >= 4 is 11.6 Å². The lowest BCUT2D eigenvalue weighted by Gasteiger charge is -2.30. The van der Waals surface area contributed by atoms with Crippen LogP contribution >= 0.6 is 0 Å². The molecule has 3 unspecified atom stereocenters. The van der Waals surface area contributed by atoms with Crippen molar-refractivity contribution in [3.8, 4) is 0 Å². The first-order valence-corrected chi connectivity index (χ1v) is 10.5. The molecule has 2 aromatic rings. The topological polar surface area (TPSA) is 112 Å². The van der Waals surface area contributed by atoms with Gasteiger partial charge in [0.25, 0.3) is 5.91 Å². The van der Waals surface area contributed by atoms with E-state index in [9.17, 15) is 15.0 Å². The molecule has 1 aliphatic heterocycles. The molecule has 7 nitrogen and oxygen atoms in total. The van der Waals surface area contributed by atoms with Gasteiger partial charge in [-0.05, 0) is 56.5 Å². The number of aliphatic hydroxyl groups is 2. The fraction of sp³-hybridized carbons (Fsp3) is 0.478. The van der Waals surface area contributed by atoms with Gasteiger partial charge in [0.1, 0.15) is 0 Å². The van der Waals surface area contributed by atoms with E-state index in [-0.39, 0.29) is 17.9 Å². The SMILES string of the molecule is CC(O)c1ccc(N2CCCC2c2ccccn2)c(C(=O)NC(N)[C@H](C)[C@H](C)O)c1. The Labute approximate surface area is 177 Å². The Kier molecular flexibility index (Phi) is 7.07. The first-order valence-electron chi connectivity index (χ1n) is 10.5. The van der Waals surface area contributed by atoms with Crippen molar-refractivity contribution in [2.24, 2.45) is 11.7 Å². The standard InChI is InChI=1S/C23H32N4O3/c1-14(15(2)28)22(24)26-23(30)18-13-17(16(3)29)9-10-20(18)27-12-6-8-21(27)19-7-4-5-11-25-19/h4-5,7,9-11,13-16,21-22,28-29H,6,8,12,24H2,1-3H3,(H,26,30)/t14-,15+,16?,21?,22?/m1/s1. The van der Waals surface area contributed by atoms with Crippen molar-refractivity contribution in [3.63, 3.8) is 0 Å². The number of carbonyl (C=O) groups is 1. The summed E-state index contributed by atoms with van der Waals surface area (Å²) in [6.45, 7) is 5.92. The van der Waals surface area contributed by atoms with Crippen LogP contribution in [0.2, 0.25) is 0 Å². The molecule has 0 aliphatic carbocycles. The maximum Gasteiger partial charge on any atom is 0.254 e. The van der Waals surface area contributed by atoms with Crippen LogP contribution in [0, 0.1) is 5.92 Å². The number of benzene rings is 1. The van der Waals surface area contributed by atoms with E-state index in [1.165, 1.54) is 0 Å². The fourth-order valence-corrected chi connectivity index (χ4v) is 3.84. The van der Waals surface area contributed by atoms with Gasteiger partial charge in [-0.2, -0.15) is 0 Å². The molecule has 162 valence electrons. The molecule has 1 aromatic heterocycles. The number of hydrogen-bond donors (Lipinski definition) is 4. The van der Waals surface area contributed by atoms with E-state index >= 15 is 0 Å². The second-order valence-corrected chi connectivity index (χ2v) is 8.16. The molecule has 1 aliphatic rings. The van der Waals surface area contributed by atoms with Gasteiger partial charge in [0.2, 0.25) is 0 Å². The van der Waals surface area contributed by atoms with Crippen molar-refractivity contribution < 1.29 is 15.0 Å². The third-order valence-corrected chi connectivity index (χ3v) is 5.96. The van der Waals surface area contributed by atoms with Crippen molar-refractivity contribution in [3.05, 3.63) is 59.4 Å². The van der Waals surface area contributed by atoms with E-state index < -0.39 is 18.4 Å². The van der Waals surface area contributed by atoms with E-state index in [0.717, 1.165) is 30.8 Å². The van der Waals surface area contributed by atoms with E-state index in [1.54, 1.807) is 33.0 Å². The average Bonchev–Trinajstić information content (AvgIpc) is 3.22. The maximum atomic E-state index is 13.2. The highest BCUT2D eigenvalue weighted by Gasteiger charge is 2.31. The Hall–Kier alpha value is -2.48. The number of carbonyl (C=O) groups excluding carboxylic acids is 1. The van der Waals surface area contributed by atoms with Crippen LogP contribution < -0.4 is 16.0 Å². The lowest BCUT2D eigenvalue weighted by atomic mass is 10.0. The number of nitrogens with one attached hydrogen (secondary N) is 1. The number of anilines is 1. The Morgan fingerprint density at radius 3 is 2.63 bits per heavy atom. The van der Waals surface area contributed by atoms with E-state index in [2.05, 4.69) is 15.2 Å². The molecule has 0 bridgehead atoms. The number of pyridine rings is 1. The molecular weight excluding hydrogens is 380 g/mol. The van der Waals surface area contributed by atoms with Crippen LogP contribution in [0.1, 0.15) is 67.4 Å². The molecule has 5 N–H and O–H groups in total. The smallest absolute Gasteiger partial charge is 0.254 e. The minimum Gasteiger partial charge on any atom is -0.393 e. The minimum atomic E-state index is -0.694. The predicted octanol–water partition coefficient (Wildman–Crippen LogP) is 2.51. The second-order valence-electron chi connectivity index (χ2n) is 8.16. The summed E-state index contributed by atoms with van der Waals surface area (Å²) in [5.74, 6) is -0.621. The van der Waals surface area contributed by atoms with Crippen LogP contribution in [0.3, 0.4) is 0 Å². The summed E-state index contributed by atoms with van der Waals surface area (Å²) >= 11 is 0. The summed E-state index contributed by atoms with van der Waals surface area (Å²) in [6.07, 6.45) is 1.71. The molecule has 1 aromatic carbocycles. The molecule has 0 spiro atoms. The summed E-state index contributed by atoms with van der Waals surface area (Å²) in [5.41, 5.74) is 9.00. The van der Waals surface area contributed by atoms with E-state index in [4.69, 9.17) is 5.73 Å². The second kappa shape index (κ2) is 9.55. The van der Waals surface area contributed by atoms with Gasteiger partial charge in [-0.25, -0.2) is 0 Å². The van der Waals surface area contributed by atoms with E-state index in [0.29, 0.717) is 11.1 Å². The molecule has 1 amide bonds. The Morgan fingerprint density at radius 1 is 1.23 bits per heavy atom. The molecule has 5 atom stereocenters. The zero-order valence-electron chi connectivity index (χ0n) is 17.8. The lowest BCUT2D eigenvalue weighted by Crippen LogP contribution is -2.49. The monoisotopic (exact) mass is 412 g/mol. The third kappa shape index (κ3) is 4.80. The van der Waals surface area contributed by atoms with Crippen LogP contribution in [-0.4, -0.2) is 39.9 Å². The van der Waals surface area contributed by atoms with Crippen molar-refractivity contribution in [2.45, 2.75) is 58.0 Å². The van der Waals surface area contributed by atoms with Crippen molar-refractivity contribution in [1.29, 1.82) is 0 Å². The van der Waals surface area contributed by atoms with Gasteiger partial charge >= 0.3 is 0 Å². The predicted molar refractivity (Wildman–Crippen MR) is 117 cm³/mol. The number of aliphatic hydroxyl groups excluding tert-OH is 2. The van der Waals surface area contributed by atoms with Gasteiger partial charge in [-0.3, -0.25) is 9.78 Å². The maximum absolute atomic E-state index is 13.2. The Morgan fingerprint density at radius 2 is 2.00 bits per heavy atom. The normalized spacial score (nSPS) is 20.5. The van der Waals surface area contributed by atoms with E-state index in [1.807, 2.05) is 30.3 Å². The van der Waals surface area contributed by atoms with Crippen LogP contribution in [0.4, 0.5) is 5.69 Å². The first-order chi connectivity index (χ1) is 14.3.